The van der Waals surface area contributed by atoms with Gasteiger partial charge in [-0.2, -0.15) is 0 Å². The van der Waals surface area contributed by atoms with E-state index in [4.69, 9.17) is 11.5 Å². The molecule has 4 heteroatoms. The monoisotopic (exact) mass is 207 g/mol. The van der Waals surface area contributed by atoms with Gasteiger partial charge in [0.25, 0.3) is 0 Å². The van der Waals surface area contributed by atoms with Gasteiger partial charge in [-0.25, -0.2) is 0 Å². The smallest absolute Gasteiger partial charge is 0.236 e. The predicted molar refractivity (Wildman–Crippen MR) is 61.5 cm³/mol. The summed E-state index contributed by atoms with van der Waals surface area (Å²) in [6.07, 6.45) is 0. The van der Waals surface area contributed by atoms with E-state index >= 15 is 0 Å². The van der Waals surface area contributed by atoms with Gasteiger partial charge < -0.3 is 16.4 Å². The number of benzene rings is 1. The van der Waals surface area contributed by atoms with E-state index in [1.807, 2.05) is 37.1 Å². The first-order valence-corrected chi connectivity index (χ1v) is 4.83. The zero-order valence-corrected chi connectivity index (χ0v) is 9.16. The van der Waals surface area contributed by atoms with Crippen LogP contribution < -0.4 is 16.4 Å². The standard InChI is InChI=1S/C11H17N3O/c1-8-3-4-10(9(5-8)6-12)14(2)7-11(13)15/h3-5H,6-7,12H2,1-2H3,(H2,13,15). The molecule has 0 heterocycles. The number of rotatable bonds is 4. The molecule has 1 amide bonds. The first kappa shape index (κ1) is 11.5. The second-order valence-electron chi connectivity index (χ2n) is 3.66. The van der Waals surface area contributed by atoms with Crippen LogP contribution in [0.5, 0.6) is 0 Å². The van der Waals surface area contributed by atoms with Gasteiger partial charge in [0.15, 0.2) is 0 Å². The van der Waals surface area contributed by atoms with Crippen LogP contribution in [-0.4, -0.2) is 19.5 Å². The number of likely N-dealkylation sites (N-methyl/N-ethyl adjacent to an activating group) is 1. The average molecular weight is 207 g/mol. The van der Waals surface area contributed by atoms with E-state index in [0.717, 1.165) is 16.8 Å². The fraction of sp³-hybridized carbons (Fsp3) is 0.364. The summed E-state index contributed by atoms with van der Waals surface area (Å²) >= 11 is 0. The minimum absolute atomic E-state index is 0.204. The molecule has 0 spiro atoms. The molecule has 4 nitrogen and oxygen atoms in total. The van der Waals surface area contributed by atoms with Gasteiger partial charge in [-0.3, -0.25) is 4.79 Å². The van der Waals surface area contributed by atoms with E-state index < -0.39 is 0 Å². The van der Waals surface area contributed by atoms with Crippen LogP contribution in [0.2, 0.25) is 0 Å². The molecule has 0 aliphatic heterocycles. The SMILES string of the molecule is Cc1ccc(N(C)CC(N)=O)c(CN)c1. The minimum atomic E-state index is -0.346. The third kappa shape index (κ3) is 2.95. The molecule has 0 saturated carbocycles. The molecule has 0 aliphatic rings. The maximum absolute atomic E-state index is 10.8. The van der Waals surface area contributed by atoms with Crippen molar-refractivity contribution in [1.29, 1.82) is 0 Å². The Hall–Kier alpha value is -1.55. The van der Waals surface area contributed by atoms with Crippen molar-refractivity contribution in [3.8, 4) is 0 Å². The Morgan fingerprint density at radius 3 is 2.67 bits per heavy atom. The number of anilines is 1. The summed E-state index contributed by atoms with van der Waals surface area (Å²) in [6.45, 7) is 2.67. The van der Waals surface area contributed by atoms with Gasteiger partial charge in [0.1, 0.15) is 0 Å². The number of hydrogen-bond donors (Lipinski definition) is 2. The van der Waals surface area contributed by atoms with Crippen LogP contribution in [0.1, 0.15) is 11.1 Å². The van der Waals surface area contributed by atoms with E-state index in [9.17, 15) is 4.79 Å². The molecular weight excluding hydrogens is 190 g/mol. The number of primary amides is 1. The number of carbonyl (C=O) groups excluding carboxylic acids is 1. The lowest BCUT2D eigenvalue weighted by molar-refractivity contribution is -0.116. The van der Waals surface area contributed by atoms with Crippen molar-refractivity contribution in [2.24, 2.45) is 11.5 Å². The largest absolute Gasteiger partial charge is 0.368 e. The van der Waals surface area contributed by atoms with Crippen LogP contribution in [0, 0.1) is 6.92 Å². The fourth-order valence-corrected chi connectivity index (χ4v) is 1.57. The molecule has 0 radical (unpaired) electrons. The van der Waals surface area contributed by atoms with Crippen molar-refractivity contribution in [2.75, 3.05) is 18.5 Å². The van der Waals surface area contributed by atoms with Gasteiger partial charge in [-0.1, -0.05) is 17.7 Å². The molecule has 0 atom stereocenters. The van der Waals surface area contributed by atoms with Gasteiger partial charge in [-0.05, 0) is 18.6 Å². The second-order valence-corrected chi connectivity index (χ2v) is 3.66. The number of nitrogens with two attached hydrogens (primary N) is 2. The molecule has 0 aromatic heterocycles. The Kier molecular flexibility index (Phi) is 3.68. The Labute approximate surface area is 89.9 Å². The van der Waals surface area contributed by atoms with Crippen molar-refractivity contribution in [2.45, 2.75) is 13.5 Å². The zero-order valence-electron chi connectivity index (χ0n) is 9.16. The van der Waals surface area contributed by atoms with Crippen molar-refractivity contribution in [3.05, 3.63) is 29.3 Å². The highest BCUT2D eigenvalue weighted by molar-refractivity contribution is 5.79. The zero-order chi connectivity index (χ0) is 11.4. The third-order valence-corrected chi connectivity index (χ3v) is 2.26. The summed E-state index contributed by atoms with van der Waals surface area (Å²) in [7, 11) is 1.83. The summed E-state index contributed by atoms with van der Waals surface area (Å²) in [5.74, 6) is -0.346. The van der Waals surface area contributed by atoms with Crippen LogP contribution >= 0.6 is 0 Å². The van der Waals surface area contributed by atoms with Crippen molar-refractivity contribution in [3.63, 3.8) is 0 Å². The predicted octanol–water partition coefficient (Wildman–Crippen LogP) is 0.375. The molecule has 1 aromatic rings. The topological polar surface area (TPSA) is 72.3 Å². The van der Waals surface area contributed by atoms with Crippen LogP contribution in [0.15, 0.2) is 18.2 Å². The summed E-state index contributed by atoms with van der Waals surface area (Å²) in [5.41, 5.74) is 13.9. The van der Waals surface area contributed by atoms with Gasteiger partial charge in [0.05, 0.1) is 6.54 Å². The van der Waals surface area contributed by atoms with Gasteiger partial charge >= 0.3 is 0 Å². The Bertz CT molecular complexity index is 363. The maximum atomic E-state index is 10.8. The maximum Gasteiger partial charge on any atom is 0.236 e. The van der Waals surface area contributed by atoms with Crippen molar-refractivity contribution >= 4 is 11.6 Å². The molecule has 0 aliphatic carbocycles. The van der Waals surface area contributed by atoms with Crippen LogP contribution in [-0.2, 0) is 11.3 Å². The van der Waals surface area contributed by atoms with Crippen LogP contribution in [0.4, 0.5) is 5.69 Å². The molecule has 0 fully saturated rings. The average Bonchev–Trinajstić information content (AvgIpc) is 2.16. The molecule has 0 bridgehead atoms. The van der Waals surface area contributed by atoms with E-state index in [2.05, 4.69) is 0 Å². The second kappa shape index (κ2) is 4.79. The molecule has 0 unspecified atom stereocenters. The Balaban J connectivity index is 2.97. The lowest BCUT2D eigenvalue weighted by Gasteiger charge is -2.20. The van der Waals surface area contributed by atoms with Crippen LogP contribution in [0.25, 0.3) is 0 Å². The van der Waals surface area contributed by atoms with E-state index in [1.54, 1.807) is 0 Å². The first-order chi connectivity index (χ1) is 7.04. The molecule has 82 valence electrons. The minimum Gasteiger partial charge on any atom is -0.368 e. The Morgan fingerprint density at radius 2 is 2.13 bits per heavy atom. The number of nitrogens with zero attached hydrogens (tertiary/aromatic N) is 1. The lowest BCUT2D eigenvalue weighted by Crippen LogP contribution is -2.31. The van der Waals surface area contributed by atoms with E-state index in [1.165, 1.54) is 0 Å². The fourth-order valence-electron chi connectivity index (χ4n) is 1.57. The number of aryl methyl sites for hydroxylation is 1. The summed E-state index contributed by atoms with van der Waals surface area (Å²) < 4.78 is 0. The Morgan fingerprint density at radius 1 is 1.47 bits per heavy atom. The molecule has 0 saturated heterocycles. The van der Waals surface area contributed by atoms with Crippen molar-refractivity contribution < 1.29 is 4.79 Å². The third-order valence-electron chi connectivity index (χ3n) is 2.26. The quantitative estimate of drug-likeness (QED) is 0.749. The number of carbonyl (C=O) groups is 1. The van der Waals surface area contributed by atoms with Crippen molar-refractivity contribution in [1.82, 2.24) is 0 Å². The lowest BCUT2D eigenvalue weighted by atomic mass is 10.1. The molecular formula is C11H17N3O. The van der Waals surface area contributed by atoms with Gasteiger partial charge in [-0.15, -0.1) is 0 Å². The highest BCUT2D eigenvalue weighted by Gasteiger charge is 2.08. The summed E-state index contributed by atoms with van der Waals surface area (Å²) in [4.78, 5) is 12.6. The highest BCUT2D eigenvalue weighted by Crippen LogP contribution is 2.20. The van der Waals surface area contributed by atoms with E-state index in [-0.39, 0.29) is 12.5 Å². The van der Waals surface area contributed by atoms with Gasteiger partial charge in [0.2, 0.25) is 5.91 Å². The normalized spacial score (nSPS) is 10.1. The van der Waals surface area contributed by atoms with Gasteiger partial charge in [0, 0.05) is 19.3 Å². The molecule has 15 heavy (non-hydrogen) atoms. The number of hydrogen-bond acceptors (Lipinski definition) is 3. The number of amides is 1. The molecule has 4 N–H and O–H groups in total. The summed E-state index contributed by atoms with van der Waals surface area (Å²) in [5, 5.41) is 0. The van der Waals surface area contributed by atoms with E-state index in [0.29, 0.717) is 6.54 Å². The molecule has 1 aromatic carbocycles. The molecule has 1 rings (SSSR count). The highest BCUT2D eigenvalue weighted by atomic mass is 16.1. The summed E-state index contributed by atoms with van der Waals surface area (Å²) in [6, 6.07) is 5.97. The van der Waals surface area contributed by atoms with Crippen LogP contribution in [0.3, 0.4) is 0 Å². The first-order valence-electron chi connectivity index (χ1n) is 4.83.